The summed E-state index contributed by atoms with van der Waals surface area (Å²) in [5, 5.41) is 14.0. The van der Waals surface area contributed by atoms with Crippen molar-refractivity contribution in [1.29, 1.82) is 0 Å². The number of hydrogen-bond acceptors (Lipinski definition) is 10. The summed E-state index contributed by atoms with van der Waals surface area (Å²) in [6.45, 7) is 2.47. The number of aromatic amines is 1. The van der Waals surface area contributed by atoms with Crippen LogP contribution in [0.1, 0.15) is 36.9 Å². The molecule has 7 N–H and O–H groups in total. The van der Waals surface area contributed by atoms with Gasteiger partial charge in [0.25, 0.3) is 5.91 Å². The Kier molecular flexibility index (Phi) is 9.94. The Hall–Kier alpha value is -4.26. The molecule has 5 rings (SSSR count). The standard InChI is InChI=1S/C29H34N10O2.ClH/c1-17-24(16-33-29(32)34-17)22-4-2-3-19(13-22)14-25(31)28(41)39(27(40)21-7-5-18(15-30)6-8-21)23-11-9-20(10-12-23)26-35-37-38-36-26;/h2-4,9-13,16,18,21,25H,5-8,14-15,30-31H2,1H3,(H2,32,33,34)(H,35,36,37,38);1H/t18?,21?,25-;/m0./s1. The van der Waals surface area contributed by atoms with Crippen molar-refractivity contribution < 1.29 is 9.59 Å². The molecule has 12 nitrogen and oxygen atoms in total. The summed E-state index contributed by atoms with van der Waals surface area (Å²) in [5.41, 5.74) is 22.6. The number of halogens is 1. The average Bonchev–Trinajstić information content (AvgIpc) is 3.53. The first-order valence-corrected chi connectivity index (χ1v) is 13.7. The molecule has 2 aromatic carbocycles. The minimum absolute atomic E-state index is 0. The number of amides is 2. The van der Waals surface area contributed by atoms with Crippen molar-refractivity contribution >= 4 is 35.9 Å². The van der Waals surface area contributed by atoms with Gasteiger partial charge >= 0.3 is 0 Å². The van der Waals surface area contributed by atoms with Gasteiger partial charge in [-0.3, -0.25) is 9.59 Å². The lowest BCUT2D eigenvalue weighted by Gasteiger charge is -2.32. The number of nitrogens with one attached hydrogen (secondary N) is 1. The van der Waals surface area contributed by atoms with E-state index in [9.17, 15) is 9.59 Å². The highest BCUT2D eigenvalue weighted by atomic mass is 35.5. The van der Waals surface area contributed by atoms with E-state index < -0.39 is 11.9 Å². The molecule has 1 fully saturated rings. The Labute approximate surface area is 249 Å². The van der Waals surface area contributed by atoms with Crippen LogP contribution in [0.5, 0.6) is 0 Å². The number of tetrazole rings is 1. The van der Waals surface area contributed by atoms with Gasteiger partial charge < -0.3 is 17.2 Å². The fourth-order valence-electron chi connectivity index (χ4n) is 5.38. The number of benzene rings is 2. The second-order valence-electron chi connectivity index (χ2n) is 10.5. The van der Waals surface area contributed by atoms with Crippen LogP contribution in [-0.2, 0) is 16.0 Å². The lowest BCUT2D eigenvalue weighted by molar-refractivity contribution is -0.130. The minimum atomic E-state index is -0.949. The first-order valence-electron chi connectivity index (χ1n) is 13.7. The number of aromatic nitrogens is 6. The van der Waals surface area contributed by atoms with Crippen LogP contribution >= 0.6 is 12.4 Å². The summed E-state index contributed by atoms with van der Waals surface area (Å²) in [5.74, 6) is 0.0582. The van der Waals surface area contributed by atoms with E-state index in [0.29, 0.717) is 42.4 Å². The highest BCUT2D eigenvalue weighted by Crippen LogP contribution is 2.32. The fraction of sp³-hybridized carbons (Fsp3) is 0.345. The topological polar surface area (TPSA) is 196 Å². The van der Waals surface area contributed by atoms with E-state index >= 15 is 0 Å². The number of nitrogen functional groups attached to an aromatic ring is 1. The van der Waals surface area contributed by atoms with Gasteiger partial charge in [-0.15, -0.1) is 22.6 Å². The SMILES string of the molecule is Cc1nc(N)ncc1-c1cccc(C[C@H](N)C(=O)N(C(=O)C2CCC(CN)CC2)c2ccc(-c3nn[nH]n3)cc2)c1.Cl. The van der Waals surface area contributed by atoms with Crippen LogP contribution in [0.3, 0.4) is 0 Å². The lowest BCUT2D eigenvalue weighted by atomic mass is 9.81. The van der Waals surface area contributed by atoms with Gasteiger partial charge in [-0.1, -0.05) is 24.3 Å². The maximum Gasteiger partial charge on any atom is 0.251 e. The highest BCUT2D eigenvalue weighted by molar-refractivity contribution is 6.17. The molecule has 2 amide bonds. The van der Waals surface area contributed by atoms with E-state index in [4.69, 9.17) is 17.2 Å². The zero-order chi connectivity index (χ0) is 28.9. The molecule has 13 heteroatoms. The molecule has 2 aromatic heterocycles. The van der Waals surface area contributed by atoms with Gasteiger partial charge in [0.2, 0.25) is 17.7 Å². The number of carbonyl (C=O) groups excluding carboxylic acids is 2. The zero-order valence-electron chi connectivity index (χ0n) is 23.3. The second-order valence-corrected chi connectivity index (χ2v) is 10.5. The molecular formula is C29H35ClN10O2. The monoisotopic (exact) mass is 590 g/mol. The molecule has 1 atom stereocenters. The summed E-state index contributed by atoms with van der Waals surface area (Å²) in [4.78, 5) is 37.4. The van der Waals surface area contributed by atoms with Gasteiger partial charge in [0.05, 0.1) is 17.4 Å². The molecule has 0 spiro atoms. The van der Waals surface area contributed by atoms with E-state index in [1.807, 2.05) is 31.2 Å². The van der Waals surface area contributed by atoms with Crippen molar-refractivity contribution in [2.75, 3.05) is 17.2 Å². The van der Waals surface area contributed by atoms with Gasteiger partial charge in [0.15, 0.2) is 0 Å². The smallest absolute Gasteiger partial charge is 0.251 e. The van der Waals surface area contributed by atoms with Crippen LogP contribution in [0.4, 0.5) is 11.6 Å². The third kappa shape index (κ3) is 6.78. The van der Waals surface area contributed by atoms with E-state index in [-0.39, 0.29) is 36.6 Å². The number of rotatable bonds is 8. The first-order chi connectivity index (χ1) is 19.8. The lowest BCUT2D eigenvalue weighted by Crippen LogP contribution is -2.50. The molecule has 220 valence electrons. The number of anilines is 2. The van der Waals surface area contributed by atoms with Gasteiger partial charge in [0.1, 0.15) is 0 Å². The molecule has 42 heavy (non-hydrogen) atoms. The van der Waals surface area contributed by atoms with E-state index in [1.165, 1.54) is 4.90 Å². The average molecular weight is 591 g/mol. The van der Waals surface area contributed by atoms with Crippen LogP contribution < -0.4 is 22.1 Å². The summed E-state index contributed by atoms with van der Waals surface area (Å²) >= 11 is 0. The Balaban J connectivity index is 0.00000405. The Morgan fingerprint density at radius 2 is 1.81 bits per heavy atom. The van der Waals surface area contributed by atoms with Gasteiger partial charge in [-0.2, -0.15) is 5.21 Å². The van der Waals surface area contributed by atoms with Crippen LogP contribution in [0.25, 0.3) is 22.5 Å². The normalized spacial score (nSPS) is 17.2. The summed E-state index contributed by atoms with van der Waals surface area (Å²) in [6, 6.07) is 13.7. The number of carbonyl (C=O) groups is 2. The second kappa shape index (κ2) is 13.6. The number of nitrogens with two attached hydrogens (primary N) is 3. The molecule has 0 radical (unpaired) electrons. The molecule has 4 aromatic rings. The molecule has 1 aliphatic rings. The third-order valence-corrected chi connectivity index (χ3v) is 7.71. The highest BCUT2D eigenvalue weighted by Gasteiger charge is 2.35. The quantitative estimate of drug-likeness (QED) is 0.237. The molecular weight excluding hydrogens is 556 g/mol. The van der Waals surface area contributed by atoms with E-state index in [1.54, 1.807) is 30.5 Å². The van der Waals surface area contributed by atoms with Crippen LogP contribution in [0.15, 0.2) is 54.7 Å². The van der Waals surface area contributed by atoms with Gasteiger partial charge in [-0.25, -0.2) is 14.9 Å². The van der Waals surface area contributed by atoms with Gasteiger partial charge in [-0.05, 0) is 92.1 Å². The largest absolute Gasteiger partial charge is 0.368 e. The molecule has 0 saturated heterocycles. The predicted octanol–water partition coefficient (Wildman–Crippen LogP) is 2.83. The molecule has 0 aliphatic heterocycles. The fourth-order valence-corrected chi connectivity index (χ4v) is 5.38. The Morgan fingerprint density at radius 3 is 2.45 bits per heavy atom. The van der Waals surface area contributed by atoms with Crippen molar-refractivity contribution in [1.82, 2.24) is 30.6 Å². The van der Waals surface area contributed by atoms with Crippen molar-refractivity contribution in [3.05, 3.63) is 66.0 Å². The number of nitrogens with zero attached hydrogens (tertiary/aromatic N) is 6. The minimum Gasteiger partial charge on any atom is -0.368 e. The third-order valence-electron chi connectivity index (χ3n) is 7.71. The van der Waals surface area contributed by atoms with Crippen molar-refractivity contribution in [3.63, 3.8) is 0 Å². The maximum absolute atomic E-state index is 13.9. The molecule has 0 unspecified atom stereocenters. The van der Waals surface area contributed by atoms with Gasteiger partial charge in [0, 0.05) is 23.2 Å². The zero-order valence-corrected chi connectivity index (χ0v) is 24.1. The molecule has 1 aliphatic carbocycles. The van der Waals surface area contributed by atoms with Crippen molar-refractivity contribution in [2.45, 2.75) is 45.1 Å². The number of imide groups is 1. The first kappa shape index (κ1) is 30.7. The summed E-state index contributed by atoms with van der Waals surface area (Å²) in [7, 11) is 0. The van der Waals surface area contributed by atoms with Crippen molar-refractivity contribution in [2.24, 2.45) is 23.3 Å². The molecule has 1 saturated carbocycles. The van der Waals surface area contributed by atoms with Crippen LogP contribution in [0, 0.1) is 18.8 Å². The predicted molar refractivity (Wildman–Crippen MR) is 162 cm³/mol. The maximum atomic E-state index is 13.9. The summed E-state index contributed by atoms with van der Waals surface area (Å²) < 4.78 is 0. The van der Waals surface area contributed by atoms with Crippen LogP contribution in [-0.4, -0.2) is 55.0 Å². The van der Waals surface area contributed by atoms with Crippen LogP contribution in [0.2, 0.25) is 0 Å². The molecule has 2 heterocycles. The van der Waals surface area contributed by atoms with Crippen molar-refractivity contribution in [3.8, 4) is 22.5 Å². The number of H-pyrrole nitrogens is 1. The van der Waals surface area contributed by atoms with E-state index in [2.05, 4.69) is 30.6 Å². The Bertz CT molecular complexity index is 1510. The Morgan fingerprint density at radius 1 is 1.07 bits per heavy atom. The summed E-state index contributed by atoms with van der Waals surface area (Å²) in [6.07, 6.45) is 5.02. The molecule has 0 bridgehead atoms. The van der Waals surface area contributed by atoms with E-state index in [0.717, 1.165) is 35.2 Å². The number of hydrogen-bond donors (Lipinski definition) is 4. The number of aryl methyl sites for hydroxylation is 1.